The number of hydrogen-bond acceptors (Lipinski definition) is 6. The summed E-state index contributed by atoms with van der Waals surface area (Å²) in [5, 5.41) is -1.08. The number of carbonyl (C=O) groups is 3. The van der Waals surface area contributed by atoms with Crippen LogP contribution in [-0.4, -0.2) is 38.3 Å². The summed E-state index contributed by atoms with van der Waals surface area (Å²) < 4.78 is 10.6. The van der Waals surface area contributed by atoms with Gasteiger partial charge in [0.1, 0.15) is 11.6 Å². The summed E-state index contributed by atoms with van der Waals surface area (Å²) >= 11 is 19.3. The molecule has 0 radical (unpaired) electrons. The van der Waals surface area contributed by atoms with Crippen LogP contribution in [0.15, 0.2) is 15.7 Å². The first-order chi connectivity index (χ1) is 13.0. The van der Waals surface area contributed by atoms with Crippen molar-refractivity contribution >= 4 is 68.4 Å². The molecule has 0 aromatic carbocycles. The van der Waals surface area contributed by atoms with Gasteiger partial charge in [-0.3, -0.25) is 38.7 Å². The zero-order chi connectivity index (χ0) is 23.1. The molecule has 1 aromatic rings. The standard InChI is InChI=1S/C7H9ClN2O2.C7H10N2O3.CH4.Cl3OP/c1-4(2)10-6(11)3-5(8)9-7(10)12;1-4(2)9-6(11)3-5(10)8-7(9)12;;1-5(2,3)4/h3-4H,1-2H3,(H,9,12);4H,3H2,1-2H3,(H,8,10,12);1H4;. The lowest BCUT2D eigenvalue weighted by Crippen LogP contribution is -2.55. The Hall–Kier alpha value is -1.32. The van der Waals surface area contributed by atoms with Crippen molar-refractivity contribution in [3.63, 3.8) is 0 Å². The summed E-state index contributed by atoms with van der Waals surface area (Å²) in [5.41, 5.74) is -0.846. The number of carbonyl (C=O) groups excluding carboxylic acids is 3. The van der Waals surface area contributed by atoms with Gasteiger partial charge in [-0.2, -0.15) is 0 Å². The van der Waals surface area contributed by atoms with Crippen LogP contribution < -0.4 is 16.6 Å². The lowest BCUT2D eigenvalue weighted by Gasteiger charge is -2.27. The maximum atomic E-state index is 11.2. The molecule has 4 amide bonds. The van der Waals surface area contributed by atoms with Crippen LogP contribution in [0.25, 0.3) is 0 Å². The van der Waals surface area contributed by atoms with Crippen molar-refractivity contribution in [1.29, 1.82) is 0 Å². The molecule has 0 aliphatic carbocycles. The van der Waals surface area contributed by atoms with Crippen LogP contribution in [0, 0.1) is 0 Å². The third-order valence-corrected chi connectivity index (χ3v) is 3.21. The van der Waals surface area contributed by atoms with Gasteiger partial charge in [0.2, 0.25) is 11.8 Å². The molecule has 0 saturated carbocycles. The lowest BCUT2D eigenvalue weighted by molar-refractivity contribution is -0.137. The van der Waals surface area contributed by atoms with E-state index in [1.807, 2.05) is 0 Å². The predicted molar refractivity (Wildman–Crippen MR) is 119 cm³/mol. The van der Waals surface area contributed by atoms with E-state index in [1.54, 1.807) is 27.7 Å². The number of rotatable bonds is 2. The number of barbiturate groups is 1. The number of aromatic amines is 1. The van der Waals surface area contributed by atoms with E-state index in [0.29, 0.717) is 0 Å². The molecule has 2 N–H and O–H groups in total. The SMILES string of the molecule is C.CC(C)N1C(=O)CC(=O)NC1=O.CC(C)n1c(=O)cc(Cl)[nH]c1=O.O=P(Cl)(Cl)Cl. The highest BCUT2D eigenvalue weighted by Crippen LogP contribution is 2.61. The minimum atomic E-state index is -3.22. The fraction of sp³-hybridized carbons (Fsp3) is 0.533. The van der Waals surface area contributed by atoms with Crippen molar-refractivity contribution in [3.05, 3.63) is 32.1 Å². The number of imide groups is 2. The van der Waals surface area contributed by atoms with Gasteiger partial charge in [0.15, 0.2) is 0 Å². The minimum absolute atomic E-state index is 0. The number of nitrogens with one attached hydrogen (secondary N) is 2. The first kappa shape index (κ1) is 30.9. The fourth-order valence-corrected chi connectivity index (χ4v) is 2.22. The molecule has 1 fully saturated rings. The van der Waals surface area contributed by atoms with Gasteiger partial charge in [0.25, 0.3) is 5.56 Å². The van der Waals surface area contributed by atoms with E-state index >= 15 is 0 Å². The summed E-state index contributed by atoms with van der Waals surface area (Å²) in [6.45, 7) is 6.94. The van der Waals surface area contributed by atoms with E-state index in [9.17, 15) is 28.5 Å². The smallest absolute Gasteiger partial charge is 0.298 e. The van der Waals surface area contributed by atoms with Crippen LogP contribution >= 0.6 is 50.5 Å². The topological polar surface area (TPSA) is 138 Å². The van der Waals surface area contributed by atoms with E-state index in [-0.39, 0.29) is 36.6 Å². The molecule has 15 heteroatoms. The third-order valence-electron chi connectivity index (χ3n) is 3.01. The lowest BCUT2D eigenvalue weighted by atomic mass is 10.2. The number of urea groups is 1. The van der Waals surface area contributed by atoms with Crippen molar-refractivity contribution in [2.24, 2.45) is 0 Å². The average Bonchev–Trinajstić information content (AvgIpc) is 2.42. The Kier molecular flexibility index (Phi) is 13.6. The molecule has 0 spiro atoms. The van der Waals surface area contributed by atoms with Gasteiger partial charge >= 0.3 is 16.9 Å². The molecule has 2 heterocycles. The highest BCUT2D eigenvalue weighted by molar-refractivity contribution is 8.24. The molecule has 0 unspecified atom stereocenters. The van der Waals surface area contributed by atoms with Crippen molar-refractivity contribution in [3.8, 4) is 0 Å². The minimum Gasteiger partial charge on any atom is -0.298 e. The molecular weight excluding hydrogens is 505 g/mol. The van der Waals surface area contributed by atoms with Crippen LogP contribution in [0.5, 0.6) is 0 Å². The highest BCUT2D eigenvalue weighted by atomic mass is 36.0. The number of H-pyrrole nitrogens is 1. The monoisotopic (exact) mass is 526 g/mol. The van der Waals surface area contributed by atoms with Crippen molar-refractivity contribution in [2.75, 3.05) is 0 Å². The molecule has 0 bridgehead atoms. The first-order valence-electron chi connectivity index (χ1n) is 7.90. The van der Waals surface area contributed by atoms with E-state index < -0.39 is 28.7 Å². The summed E-state index contributed by atoms with van der Waals surface area (Å²) in [6, 6.07) is 0.207. The second-order valence-corrected chi connectivity index (χ2v) is 13.1. The van der Waals surface area contributed by atoms with Gasteiger partial charge in [-0.05, 0) is 61.4 Å². The Morgan fingerprint density at radius 3 is 1.80 bits per heavy atom. The number of halogens is 4. The second-order valence-electron chi connectivity index (χ2n) is 6.01. The molecule has 1 saturated heterocycles. The molecule has 2 rings (SSSR count). The Morgan fingerprint density at radius 2 is 1.47 bits per heavy atom. The average molecular weight is 528 g/mol. The quantitative estimate of drug-likeness (QED) is 0.337. The number of amides is 4. The van der Waals surface area contributed by atoms with Crippen molar-refractivity contribution in [2.45, 2.75) is 53.6 Å². The molecule has 0 atom stereocenters. The zero-order valence-corrected chi connectivity index (χ0v) is 19.7. The maximum absolute atomic E-state index is 11.2. The van der Waals surface area contributed by atoms with Crippen LogP contribution in [0.2, 0.25) is 5.15 Å². The van der Waals surface area contributed by atoms with Crippen LogP contribution in [0.4, 0.5) is 4.79 Å². The maximum Gasteiger partial charge on any atom is 0.339 e. The highest BCUT2D eigenvalue weighted by Gasteiger charge is 2.32. The number of nitrogens with zero attached hydrogens (tertiary/aromatic N) is 2. The molecule has 1 aliphatic rings. The second kappa shape index (κ2) is 13.2. The van der Waals surface area contributed by atoms with E-state index in [4.69, 9.17) is 11.6 Å². The van der Waals surface area contributed by atoms with Crippen LogP contribution in [0.1, 0.15) is 47.6 Å². The Balaban J connectivity index is 0. The molecule has 30 heavy (non-hydrogen) atoms. The van der Waals surface area contributed by atoms with Gasteiger partial charge in [-0.25, -0.2) is 9.59 Å². The third kappa shape index (κ3) is 11.8. The van der Waals surface area contributed by atoms with Gasteiger partial charge in [0, 0.05) is 18.2 Å². The van der Waals surface area contributed by atoms with E-state index in [0.717, 1.165) is 9.47 Å². The van der Waals surface area contributed by atoms with E-state index in [1.165, 1.54) is 6.07 Å². The van der Waals surface area contributed by atoms with E-state index in [2.05, 4.69) is 44.0 Å². The summed E-state index contributed by atoms with van der Waals surface area (Å²) in [4.78, 5) is 58.5. The van der Waals surface area contributed by atoms with Crippen molar-refractivity contribution in [1.82, 2.24) is 19.8 Å². The van der Waals surface area contributed by atoms with Gasteiger partial charge in [-0.1, -0.05) is 19.0 Å². The van der Waals surface area contributed by atoms with Gasteiger partial charge in [-0.15, -0.1) is 0 Å². The normalized spacial score (nSPS) is 13.7. The fourth-order valence-electron chi connectivity index (χ4n) is 2.05. The number of hydrogen-bond donors (Lipinski definition) is 2. The Bertz CT molecular complexity index is 865. The largest absolute Gasteiger partial charge is 0.339 e. The van der Waals surface area contributed by atoms with Gasteiger partial charge in [0.05, 0.1) is 0 Å². The summed E-state index contributed by atoms with van der Waals surface area (Å²) in [7, 11) is 0. The molecule has 1 aliphatic heterocycles. The Morgan fingerprint density at radius 1 is 1.00 bits per heavy atom. The van der Waals surface area contributed by atoms with Crippen LogP contribution in [0.3, 0.4) is 0 Å². The Labute approximate surface area is 192 Å². The first-order valence-corrected chi connectivity index (χ1v) is 12.7. The predicted octanol–water partition coefficient (Wildman–Crippen LogP) is 4.08. The van der Waals surface area contributed by atoms with Crippen molar-refractivity contribution < 1.29 is 18.9 Å². The zero-order valence-electron chi connectivity index (χ0n) is 15.7. The summed E-state index contributed by atoms with van der Waals surface area (Å²) in [5.74, 6) is -0.958. The number of aromatic nitrogens is 2. The molecule has 1 aromatic heterocycles. The summed E-state index contributed by atoms with van der Waals surface area (Å²) in [6.07, 6.45) is -0.232. The van der Waals surface area contributed by atoms with Gasteiger partial charge < -0.3 is 0 Å². The molecule has 10 nitrogen and oxygen atoms in total. The molecular formula is C15H23Cl4N4O6P. The molecule has 172 valence electrons. The van der Waals surface area contributed by atoms with Crippen LogP contribution in [-0.2, 0) is 14.2 Å².